The van der Waals surface area contributed by atoms with Gasteiger partial charge in [0.25, 0.3) is 0 Å². The van der Waals surface area contributed by atoms with Gasteiger partial charge in [-0.1, -0.05) is 30.3 Å². The molecule has 0 aliphatic heterocycles. The van der Waals surface area contributed by atoms with Crippen LogP contribution >= 0.6 is 0 Å². The molecule has 0 bridgehead atoms. The first kappa shape index (κ1) is 11.7. The van der Waals surface area contributed by atoms with Gasteiger partial charge in [-0.2, -0.15) is 5.26 Å². The first-order valence-corrected chi connectivity index (χ1v) is 7.06. The molecule has 2 nitrogen and oxygen atoms in total. The van der Waals surface area contributed by atoms with E-state index in [-0.39, 0.29) is 5.92 Å². The van der Waals surface area contributed by atoms with Crippen molar-refractivity contribution >= 4 is 0 Å². The molecule has 2 heteroatoms. The van der Waals surface area contributed by atoms with Gasteiger partial charge in [0.05, 0.1) is 12.0 Å². The number of benzene rings is 1. The Labute approximate surface area is 109 Å². The molecule has 1 unspecified atom stereocenters. The fraction of sp³-hybridized carbons (Fsp3) is 0.562. The molecule has 1 N–H and O–H groups in total. The Morgan fingerprint density at radius 1 is 1.11 bits per heavy atom. The average molecular weight is 240 g/mol. The van der Waals surface area contributed by atoms with Crippen molar-refractivity contribution in [2.24, 2.45) is 11.8 Å². The third-order valence-electron chi connectivity index (χ3n) is 4.18. The van der Waals surface area contributed by atoms with E-state index in [0.717, 1.165) is 23.9 Å². The highest BCUT2D eigenvalue weighted by Gasteiger charge is 2.41. The van der Waals surface area contributed by atoms with Crippen LogP contribution in [0.25, 0.3) is 0 Å². The predicted molar refractivity (Wildman–Crippen MR) is 72.0 cm³/mol. The highest BCUT2D eigenvalue weighted by molar-refractivity contribution is 5.25. The van der Waals surface area contributed by atoms with E-state index in [1.165, 1.54) is 25.7 Å². The largest absolute Gasteiger partial charge is 0.312 e. The fourth-order valence-electron chi connectivity index (χ4n) is 2.81. The van der Waals surface area contributed by atoms with Gasteiger partial charge in [0, 0.05) is 12.6 Å². The van der Waals surface area contributed by atoms with E-state index < -0.39 is 0 Å². The minimum atomic E-state index is -0.00815. The van der Waals surface area contributed by atoms with Crippen LogP contribution in [0.15, 0.2) is 30.3 Å². The summed E-state index contributed by atoms with van der Waals surface area (Å²) in [7, 11) is 0. The second kappa shape index (κ2) is 5.12. The molecule has 0 heterocycles. The lowest BCUT2D eigenvalue weighted by Crippen LogP contribution is -2.35. The summed E-state index contributed by atoms with van der Waals surface area (Å²) in [5.41, 5.74) is 1.14. The average Bonchev–Trinajstić information content (AvgIpc) is 3.29. The molecule has 1 aromatic carbocycles. The molecule has 1 aromatic rings. The molecule has 2 fully saturated rings. The first-order chi connectivity index (χ1) is 8.88. The van der Waals surface area contributed by atoms with Crippen LogP contribution in [-0.2, 0) is 0 Å². The van der Waals surface area contributed by atoms with Crippen LogP contribution in [0.1, 0.15) is 37.2 Å². The van der Waals surface area contributed by atoms with Gasteiger partial charge in [-0.25, -0.2) is 0 Å². The van der Waals surface area contributed by atoms with Gasteiger partial charge in [-0.15, -0.1) is 0 Å². The molecule has 3 rings (SSSR count). The molecule has 0 spiro atoms. The molecule has 2 aliphatic rings. The Kier molecular flexibility index (Phi) is 3.34. The predicted octanol–water partition coefficient (Wildman–Crippen LogP) is 3.07. The third kappa shape index (κ3) is 2.73. The van der Waals surface area contributed by atoms with Gasteiger partial charge in [-0.05, 0) is 43.1 Å². The van der Waals surface area contributed by atoms with Gasteiger partial charge < -0.3 is 5.32 Å². The molecule has 2 aliphatic carbocycles. The molecular weight excluding hydrogens is 220 g/mol. The lowest BCUT2D eigenvalue weighted by Gasteiger charge is -2.19. The van der Waals surface area contributed by atoms with Crippen LogP contribution in [0.4, 0.5) is 0 Å². The lowest BCUT2D eigenvalue weighted by atomic mass is 9.99. The Morgan fingerprint density at radius 2 is 1.72 bits per heavy atom. The summed E-state index contributed by atoms with van der Waals surface area (Å²) in [5.74, 6) is 1.78. The SMILES string of the molecule is N#CC(CNC(C1CC1)C1CC1)c1ccccc1. The van der Waals surface area contributed by atoms with Gasteiger partial charge in [-0.3, -0.25) is 0 Å². The molecule has 0 amide bonds. The second-order valence-corrected chi connectivity index (χ2v) is 5.70. The summed E-state index contributed by atoms with van der Waals surface area (Å²) in [6.45, 7) is 0.804. The van der Waals surface area contributed by atoms with Gasteiger partial charge in [0.1, 0.15) is 0 Å². The van der Waals surface area contributed by atoms with Crippen LogP contribution in [0.5, 0.6) is 0 Å². The number of nitrogens with one attached hydrogen (secondary N) is 1. The Balaban J connectivity index is 1.59. The number of hydrogen-bond acceptors (Lipinski definition) is 2. The maximum Gasteiger partial charge on any atom is 0.0837 e. The summed E-state index contributed by atoms with van der Waals surface area (Å²) in [4.78, 5) is 0. The zero-order valence-electron chi connectivity index (χ0n) is 10.7. The van der Waals surface area contributed by atoms with Gasteiger partial charge in [0.15, 0.2) is 0 Å². The number of rotatable bonds is 6. The number of nitriles is 1. The normalized spacial score (nSPS) is 20.7. The molecule has 0 saturated heterocycles. The fourth-order valence-corrected chi connectivity index (χ4v) is 2.81. The lowest BCUT2D eigenvalue weighted by molar-refractivity contribution is 0.413. The summed E-state index contributed by atoms with van der Waals surface area (Å²) in [6, 6.07) is 13.3. The highest BCUT2D eigenvalue weighted by atomic mass is 14.9. The van der Waals surface area contributed by atoms with E-state index in [2.05, 4.69) is 23.5 Å². The number of hydrogen-bond donors (Lipinski definition) is 1. The van der Waals surface area contributed by atoms with Crippen molar-refractivity contribution < 1.29 is 0 Å². The van der Waals surface area contributed by atoms with Gasteiger partial charge >= 0.3 is 0 Å². The van der Waals surface area contributed by atoms with Crippen molar-refractivity contribution in [3.63, 3.8) is 0 Å². The van der Waals surface area contributed by atoms with E-state index in [1.54, 1.807) is 0 Å². The van der Waals surface area contributed by atoms with Gasteiger partial charge in [0.2, 0.25) is 0 Å². The summed E-state index contributed by atoms with van der Waals surface area (Å²) in [5, 5.41) is 13.0. The zero-order valence-corrected chi connectivity index (χ0v) is 10.7. The van der Waals surface area contributed by atoms with E-state index in [1.807, 2.05) is 18.2 Å². The molecule has 94 valence electrons. The van der Waals surface area contributed by atoms with Crippen molar-refractivity contribution in [3.8, 4) is 6.07 Å². The summed E-state index contributed by atoms with van der Waals surface area (Å²) >= 11 is 0. The molecule has 0 aromatic heterocycles. The second-order valence-electron chi connectivity index (χ2n) is 5.70. The van der Waals surface area contributed by atoms with Crippen LogP contribution in [0, 0.1) is 23.2 Å². The van der Waals surface area contributed by atoms with Crippen molar-refractivity contribution in [1.82, 2.24) is 5.32 Å². The Morgan fingerprint density at radius 3 is 2.22 bits per heavy atom. The molecule has 18 heavy (non-hydrogen) atoms. The quantitative estimate of drug-likeness (QED) is 0.829. The third-order valence-corrected chi connectivity index (χ3v) is 4.18. The topological polar surface area (TPSA) is 35.8 Å². The summed E-state index contributed by atoms with van der Waals surface area (Å²) in [6.07, 6.45) is 5.54. The first-order valence-electron chi connectivity index (χ1n) is 7.06. The van der Waals surface area contributed by atoms with Crippen LogP contribution in [-0.4, -0.2) is 12.6 Å². The highest BCUT2D eigenvalue weighted by Crippen LogP contribution is 2.44. The van der Waals surface area contributed by atoms with Crippen LogP contribution in [0.2, 0.25) is 0 Å². The van der Waals surface area contributed by atoms with E-state index in [4.69, 9.17) is 0 Å². The smallest absolute Gasteiger partial charge is 0.0837 e. The van der Waals surface area contributed by atoms with Crippen molar-refractivity contribution in [3.05, 3.63) is 35.9 Å². The molecule has 1 atom stereocenters. The number of nitrogens with zero attached hydrogens (tertiary/aromatic N) is 1. The minimum Gasteiger partial charge on any atom is -0.312 e. The van der Waals surface area contributed by atoms with Crippen molar-refractivity contribution in [2.75, 3.05) is 6.54 Å². The standard InChI is InChI=1S/C16H20N2/c17-10-15(12-4-2-1-3-5-12)11-18-16(13-6-7-13)14-8-9-14/h1-5,13-16,18H,6-9,11H2. The van der Waals surface area contributed by atoms with Crippen molar-refractivity contribution in [1.29, 1.82) is 5.26 Å². The maximum atomic E-state index is 9.31. The van der Waals surface area contributed by atoms with Crippen LogP contribution < -0.4 is 5.32 Å². The van der Waals surface area contributed by atoms with Crippen LogP contribution in [0.3, 0.4) is 0 Å². The van der Waals surface area contributed by atoms with E-state index >= 15 is 0 Å². The monoisotopic (exact) mass is 240 g/mol. The molecule has 2 saturated carbocycles. The summed E-state index contributed by atoms with van der Waals surface area (Å²) < 4.78 is 0. The maximum absolute atomic E-state index is 9.31. The van der Waals surface area contributed by atoms with E-state index in [9.17, 15) is 5.26 Å². The minimum absolute atomic E-state index is 0.00815. The Hall–Kier alpha value is -1.33. The zero-order chi connectivity index (χ0) is 12.4. The molecule has 0 radical (unpaired) electrons. The Bertz CT molecular complexity index is 414. The van der Waals surface area contributed by atoms with E-state index in [0.29, 0.717) is 6.04 Å². The molecular formula is C16H20N2. The van der Waals surface area contributed by atoms with Crippen molar-refractivity contribution in [2.45, 2.75) is 37.6 Å².